The Kier molecular flexibility index (Phi) is 3.25. The minimum atomic E-state index is -0.336. The molecule has 0 aliphatic heterocycles. The number of aryl methyl sites for hydroxylation is 2. The van der Waals surface area contributed by atoms with Gasteiger partial charge in [-0.05, 0) is 26.1 Å². The molecule has 0 atom stereocenters. The van der Waals surface area contributed by atoms with Crippen LogP contribution in [0.4, 0.5) is 0 Å². The fraction of sp³-hybridized carbons (Fsp3) is 0.222. The summed E-state index contributed by atoms with van der Waals surface area (Å²) in [6, 6.07) is 0. The fourth-order valence-electron chi connectivity index (χ4n) is 1.13. The number of aromatic nitrogens is 4. The van der Waals surface area contributed by atoms with Gasteiger partial charge in [0, 0.05) is 5.38 Å². The summed E-state index contributed by atoms with van der Waals surface area (Å²) in [7, 11) is 0. The predicted molar refractivity (Wildman–Crippen MR) is 68.3 cm³/mol. The highest BCUT2D eigenvalue weighted by Crippen LogP contribution is 2.05. The summed E-state index contributed by atoms with van der Waals surface area (Å²) < 4.78 is 1.25. The number of thiazole rings is 1. The van der Waals surface area contributed by atoms with Gasteiger partial charge in [0.1, 0.15) is 5.69 Å². The number of nitrogens with one attached hydrogen (secondary N) is 1. The molecule has 0 spiro atoms. The third-order valence-corrected chi connectivity index (χ3v) is 3.01. The van der Waals surface area contributed by atoms with E-state index in [9.17, 15) is 4.79 Å². The van der Waals surface area contributed by atoms with Crippen molar-refractivity contribution in [2.45, 2.75) is 13.8 Å². The third kappa shape index (κ3) is 2.53. The van der Waals surface area contributed by atoms with Crippen LogP contribution in [0.2, 0.25) is 0 Å². The smallest absolute Gasteiger partial charge is 0.265 e. The lowest BCUT2D eigenvalue weighted by molar-refractivity contribution is 0.720. The van der Waals surface area contributed by atoms with E-state index in [4.69, 9.17) is 12.2 Å². The van der Waals surface area contributed by atoms with Crippen molar-refractivity contribution in [2.75, 3.05) is 0 Å². The van der Waals surface area contributed by atoms with E-state index in [0.717, 1.165) is 9.68 Å². The number of rotatable bonds is 2. The van der Waals surface area contributed by atoms with Crippen LogP contribution < -0.4 is 5.56 Å². The standard InChI is InChI=1S/C9H9N5OS2/c1-5-8(15)14(9(16)13-12-5)10-3-7-4-17-6(2)11-7/h3-4H,1-2H3,(H,13,16)/b10-3-. The molecular weight excluding hydrogens is 258 g/mol. The summed E-state index contributed by atoms with van der Waals surface area (Å²) in [4.78, 5) is 15.9. The first-order chi connectivity index (χ1) is 8.08. The Morgan fingerprint density at radius 3 is 3.00 bits per heavy atom. The van der Waals surface area contributed by atoms with Crippen molar-refractivity contribution in [2.24, 2.45) is 5.10 Å². The molecular formula is C9H9N5OS2. The van der Waals surface area contributed by atoms with Crippen LogP contribution in [0.5, 0.6) is 0 Å². The van der Waals surface area contributed by atoms with Crippen molar-refractivity contribution in [3.05, 3.63) is 36.9 Å². The highest BCUT2D eigenvalue weighted by atomic mass is 32.1. The topological polar surface area (TPSA) is 75.9 Å². The zero-order valence-corrected chi connectivity index (χ0v) is 10.8. The van der Waals surface area contributed by atoms with Crippen LogP contribution >= 0.6 is 23.6 Å². The van der Waals surface area contributed by atoms with Crippen LogP contribution in [0.1, 0.15) is 16.4 Å². The van der Waals surface area contributed by atoms with E-state index < -0.39 is 0 Å². The minimum Gasteiger partial charge on any atom is -0.265 e. The monoisotopic (exact) mass is 267 g/mol. The summed E-state index contributed by atoms with van der Waals surface area (Å²) in [6.07, 6.45) is 1.49. The molecule has 0 aliphatic rings. The molecule has 2 rings (SSSR count). The van der Waals surface area contributed by atoms with Gasteiger partial charge in [0.25, 0.3) is 5.56 Å². The second-order valence-electron chi connectivity index (χ2n) is 3.27. The second kappa shape index (κ2) is 4.68. The molecule has 17 heavy (non-hydrogen) atoms. The van der Waals surface area contributed by atoms with E-state index in [1.165, 1.54) is 17.6 Å². The SMILES string of the molecule is Cc1nc(/C=N\n2c(=S)[nH]nc(C)c2=O)cs1. The lowest BCUT2D eigenvalue weighted by Gasteiger charge is -1.97. The molecule has 0 aliphatic carbocycles. The first kappa shape index (κ1) is 11.8. The number of hydrogen-bond acceptors (Lipinski definition) is 6. The van der Waals surface area contributed by atoms with E-state index >= 15 is 0 Å². The van der Waals surface area contributed by atoms with Crippen LogP contribution in [0.3, 0.4) is 0 Å². The average Bonchev–Trinajstić information content (AvgIpc) is 2.70. The summed E-state index contributed by atoms with van der Waals surface area (Å²) in [5.41, 5.74) is 0.672. The van der Waals surface area contributed by atoms with Gasteiger partial charge in [0.2, 0.25) is 4.77 Å². The van der Waals surface area contributed by atoms with E-state index in [0.29, 0.717) is 11.4 Å². The van der Waals surface area contributed by atoms with Crippen LogP contribution in [0.15, 0.2) is 15.3 Å². The van der Waals surface area contributed by atoms with Gasteiger partial charge in [-0.1, -0.05) is 0 Å². The molecule has 6 nitrogen and oxygen atoms in total. The molecule has 1 N–H and O–H groups in total. The number of hydrogen-bond donors (Lipinski definition) is 1. The van der Waals surface area contributed by atoms with Gasteiger partial charge in [0.15, 0.2) is 0 Å². The molecule has 0 bridgehead atoms. The normalized spacial score (nSPS) is 11.2. The zero-order valence-electron chi connectivity index (χ0n) is 9.17. The van der Waals surface area contributed by atoms with E-state index in [2.05, 4.69) is 20.3 Å². The zero-order chi connectivity index (χ0) is 12.4. The van der Waals surface area contributed by atoms with Crippen molar-refractivity contribution in [3.8, 4) is 0 Å². The fourth-order valence-corrected chi connectivity index (χ4v) is 1.87. The van der Waals surface area contributed by atoms with E-state index in [1.807, 2.05) is 12.3 Å². The Morgan fingerprint density at radius 1 is 1.59 bits per heavy atom. The lowest BCUT2D eigenvalue weighted by Crippen LogP contribution is -2.22. The predicted octanol–water partition coefficient (Wildman–Crippen LogP) is 1.26. The molecule has 0 unspecified atom stereocenters. The quantitative estimate of drug-likeness (QED) is 0.656. The minimum absolute atomic E-state index is 0.156. The second-order valence-corrected chi connectivity index (χ2v) is 4.72. The van der Waals surface area contributed by atoms with Gasteiger partial charge in [0.05, 0.1) is 16.9 Å². The first-order valence-electron chi connectivity index (χ1n) is 4.73. The summed E-state index contributed by atoms with van der Waals surface area (Å²) in [5, 5.41) is 13.1. The molecule has 0 saturated carbocycles. The van der Waals surface area contributed by atoms with Crippen molar-refractivity contribution in [1.29, 1.82) is 0 Å². The maximum Gasteiger partial charge on any atom is 0.296 e. The average molecular weight is 267 g/mol. The van der Waals surface area contributed by atoms with E-state index in [-0.39, 0.29) is 10.3 Å². The molecule has 0 amide bonds. The Labute approximate surface area is 106 Å². The Bertz CT molecular complexity index is 681. The summed E-state index contributed by atoms with van der Waals surface area (Å²) >= 11 is 6.45. The molecule has 8 heteroatoms. The van der Waals surface area contributed by atoms with Gasteiger partial charge < -0.3 is 0 Å². The van der Waals surface area contributed by atoms with Crippen LogP contribution in [-0.4, -0.2) is 26.1 Å². The maximum atomic E-state index is 11.7. The van der Waals surface area contributed by atoms with Crippen LogP contribution in [-0.2, 0) is 0 Å². The highest BCUT2D eigenvalue weighted by Gasteiger charge is 2.01. The number of nitrogens with zero attached hydrogens (tertiary/aromatic N) is 4. The lowest BCUT2D eigenvalue weighted by atomic mass is 10.5. The molecule has 0 fully saturated rings. The highest BCUT2D eigenvalue weighted by molar-refractivity contribution is 7.71. The van der Waals surface area contributed by atoms with Crippen molar-refractivity contribution in [3.63, 3.8) is 0 Å². The third-order valence-electron chi connectivity index (χ3n) is 1.96. The van der Waals surface area contributed by atoms with Crippen molar-refractivity contribution in [1.82, 2.24) is 19.9 Å². The number of H-pyrrole nitrogens is 1. The van der Waals surface area contributed by atoms with Gasteiger partial charge in [-0.3, -0.25) is 9.89 Å². The maximum absolute atomic E-state index is 11.7. The molecule has 0 aromatic carbocycles. The Hall–Kier alpha value is -1.67. The number of aromatic amines is 1. The largest absolute Gasteiger partial charge is 0.296 e. The van der Waals surface area contributed by atoms with Crippen LogP contribution in [0, 0.1) is 18.6 Å². The molecule has 0 saturated heterocycles. The molecule has 2 aromatic rings. The first-order valence-corrected chi connectivity index (χ1v) is 6.01. The van der Waals surface area contributed by atoms with Gasteiger partial charge in [-0.25, -0.2) is 4.98 Å². The Morgan fingerprint density at radius 2 is 2.35 bits per heavy atom. The molecule has 2 aromatic heterocycles. The summed E-state index contributed by atoms with van der Waals surface area (Å²) in [5.74, 6) is 0. The van der Waals surface area contributed by atoms with Gasteiger partial charge >= 0.3 is 0 Å². The molecule has 0 radical (unpaired) electrons. The molecule has 88 valence electrons. The van der Waals surface area contributed by atoms with Crippen LogP contribution in [0.25, 0.3) is 0 Å². The van der Waals surface area contributed by atoms with Gasteiger partial charge in [-0.15, -0.1) is 11.3 Å². The van der Waals surface area contributed by atoms with Gasteiger partial charge in [-0.2, -0.15) is 14.9 Å². The van der Waals surface area contributed by atoms with E-state index in [1.54, 1.807) is 6.92 Å². The molecule has 2 heterocycles. The summed E-state index contributed by atoms with van der Waals surface area (Å²) in [6.45, 7) is 3.49. The van der Waals surface area contributed by atoms with Crippen molar-refractivity contribution < 1.29 is 0 Å². The Balaban J connectivity index is 2.43. The van der Waals surface area contributed by atoms with Crippen molar-refractivity contribution >= 4 is 29.8 Å².